The van der Waals surface area contributed by atoms with Crippen LogP contribution in [0.5, 0.6) is 0 Å². The SMILES string of the molecule is O=C(CCC1CCN([C@@H]2CCSC2)CC1)NCc1cccc(C(F)(F)F)c1. The first-order valence-corrected chi connectivity index (χ1v) is 10.8. The zero-order chi connectivity index (χ0) is 19.3. The Morgan fingerprint density at radius 3 is 2.67 bits per heavy atom. The zero-order valence-corrected chi connectivity index (χ0v) is 16.2. The molecule has 2 saturated heterocycles. The standard InChI is InChI=1S/C20H27F3N2OS/c21-20(22,23)17-3-1-2-16(12-17)13-24-19(26)5-4-15-6-9-25(10-7-15)18-8-11-27-14-18/h1-3,12,15,18H,4-11,13-14H2,(H,24,26)/t18-/m1/s1. The fraction of sp³-hybridized carbons (Fsp3) is 0.650. The Labute approximate surface area is 163 Å². The molecule has 0 radical (unpaired) electrons. The van der Waals surface area contributed by atoms with E-state index in [9.17, 15) is 18.0 Å². The average molecular weight is 401 g/mol. The molecule has 2 aliphatic rings. The minimum absolute atomic E-state index is 0.0814. The lowest BCUT2D eigenvalue weighted by Gasteiger charge is -2.35. The van der Waals surface area contributed by atoms with Gasteiger partial charge in [-0.15, -0.1) is 0 Å². The molecule has 2 aliphatic heterocycles. The molecule has 3 nitrogen and oxygen atoms in total. The Morgan fingerprint density at radius 2 is 2.00 bits per heavy atom. The first-order valence-electron chi connectivity index (χ1n) is 9.66. The third kappa shape index (κ3) is 6.14. The van der Waals surface area contributed by atoms with Crippen molar-refractivity contribution in [2.45, 2.75) is 50.9 Å². The molecule has 2 fully saturated rings. The number of amides is 1. The summed E-state index contributed by atoms with van der Waals surface area (Å²) in [7, 11) is 0. The van der Waals surface area contributed by atoms with Crippen LogP contribution in [0.1, 0.15) is 43.2 Å². The lowest BCUT2D eigenvalue weighted by molar-refractivity contribution is -0.137. The molecule has 0 unspecified atom stereocenters. The zero-order valence-electron chi connectivity index (χ0n) is 15.4. The highest BCUT2D eigenvalue weighted by molar-refractivity contribution is 7.99. The Morgan fingerprint density at radius 1 is 1.22 bits per heavy atom. The van der Waals surface area contributed by atoms with Crippen LogP contribution in [0.25, 0.3) is 0 Å². The van der Waals surface area contributed by atoms with E-state index < -0.39 is 11.7 Å². The number of thioether (sulfide) groups is 1. The lowest BCUT2D eigenvalue weighted by atomic mass is 9.91. The monoisotopic (exact) mass is 400 g/mol. The summed E-state index contributed by atoms with van der Waals surface area (Å²) < 4.78 is 38.2. The van der Waals surface area contributed by atoms with Crippen molar-refractivity contribution in [3.05, 3.63) is 35.4 Å². The minimum Gasteiger partial charge on any atom is -0.352 e. The number of halogens is 3. The van der Waals surface area contributed by atoms with Crippen LogP contribution in [0.15, 0.2) is 24.3 Å². The van der Waals surface area contributed by atoms with Gasteiger partial charge in [0.15, 0.2) is 0 Å². The second-order valence-electron chi connectivity index (χ2n) is 7.51. The molecule has 1 atom stereocenters. The van der Waals surface area contributed by atoms with Crippen LogP contribution in [0.3, 0.4) is 0 Å². The van der Waals surface area contributed by atoms with E-state index >= 15 is 0 Å². The molecule has 1 N–H and O–H groups in total. The maximum absolute atomic E-state index is 12.7. The van der Waals surface area contributed by atoms with Gasteiger partial charge in [-0.2, -0.15) is 24.9 Å². The first kappa shape index (κ1) is 20.5. The number of likely N-dealkylation sites (tertiary alicyclic amines) is 1. The maximum Gasteiger partial charge on any atom is 0.416 e. The van der Waals surface area contributed by atoms with Crippen LogP contribution < -0.4 is 5.32 Å². The number of hydrogen-bond acceptors (Lipinski definition) is 3. The maximum atomic E-state index is 12.7. The number of carbonyl (C=O) groups excluding carboxylic acids is 1. The Balaban J connectivity index is 1.35. The average Bonchev–Trinajstić information content (AvgIpc) is 3.19. The molecular formula is C20H27F3N2OS. The molecule has 0 bridgehead atoms. The highest BCUT2D eigenvalue weighted by Gasteiger charge is 2.30. The molecule has 0 aromatic heterocycles. The van der Waals surface area contributed by atoms with Gasteiger partial charge in [-0.25, -0.2) is 0 Å². The fourth-order valence-electron chi connectivity index (χ4n) is 3.90. The summed E-state index contributed by atoms with van der Waals surface area (Å²) in [5.74, 6) is 3.02. The van der Waals surface area contributed by atoms with Gasteiger partial charge in [0.25, 0.3) is 0 Å². The topological polar surface area (TPSA) is 32.3 Å². The summed E-state index contributed by atoms with van der Waals surface area (Å²) in [6.45, 7) is 2.39. The summed E-state index contributed by atoms with van der Waals surface area (Å²) in [6.07, 6.45) is 0.536. The predicted octanol–water partition coefficient (Wildman–Crippen LogP) is 4.32. The molecule has 150 valence electrons. The molecular weight excluding hydrogens is 373 g/mol. The summed E-state index contributed by atoms with van der Waals surface area (Å²) in [5.41, 5.74) is -0.206. The van der Waals surface area contributed by atoms with Crippen LogP contribution in [-0.4, -0.2) is 41.4 Å². The number of rotatable bonds is 6. The van der Waals surface area contributed by atoms with E-state index in [2.05, 4.69) is 10.2 Å². The third-order valence-electron chi connectivity index (χ3n) is 5.59. The molecule has 1 aromatic carbocycles. The summed E-state index contributed by atoms with van der Waals surface area (Å²) in [4.78, 5) is 14.7. The molecule has 0 aliphatic carbocycles. The highest BCUT2D eigenvalue weighted by atomic mass is 32.2. The van der Waals surface area contributed by atoms with Gasteiger partial charge >= 0.3 is 6.18 Å². The van der Waals surface area contributed by atoms with Gasteiger partial charge in [0.1, 0.15) is 0 Å². The molecule has 1 aromatic rings. The number of alkyl halides is 3. The molecule has 1 amide bonds. The van der Waals surface area contributed by atoms with E-state index in [1.165, 1.54) is 24.0 Å². The Bertz CT molecular complexity index is 624. The van der Waals surface area contributed by atoms with Crippen molar-refractivity contribution < 1.29 is 18.0 Å². The van der Waals surface area contributed by atoms with Crippen molar-refractivity contribution in [2.24, 2.45) is 5.92 Å². The number of nitrogens with zero attached hydrogens (tertiary/aromatic N) is 1. The Kier molecular flexibility index (Phi) is 7.09. The van der Waals surface area contributed by atoms with E-state index in [4.69, 9.17) is 0 Å². The van der Waals surface area contributed by atoms with Gasteiger partial charge in [-0.05, 0) is 68.1 Å². The van der Waals surface area contributed by atoms with Gasteiger partial charge in [0.2, 0.25) is 5.91 Å². The molecule has 0 saturated carbocycles. The van der Waals surface area contributed by atoms with Crippen LogP contribution in [0.2, 0.25) is 0 Å². The van der Waals surface area contributed by atoms with E-state index in [0.29, 0.717) is 17.9 Å². The van der Waals surface area contributed by atoms with E-state index in [1.807, 2.05) is 11.8 Å². The van der Waals surface area contributed by atoms with Gasteiger partial charge in [-0.1, -0.05) is 12.1 Å². The molecule has 0 spiro atoms. The highest BCUT2D eigenvalue weighted by Crippen LogP contribution is 2.30. The molecule has 7 heteroatoms. The summed E-state index contributed by atoms with van der Waals surface area (Å²) in [6, 6.07) is 5.86. The van der Waals surface area contributed by atoms with Crippen LogP contribution in [0.4, 0.5) is 13.2 Å². The lowest BCUT2D eigenvalue weighted by Crippen LogP contribution is -2.41. The minimum atomic E-state index is -4.36. The second kappa shape index (κ2) is 9.32. The van der Waals surface area contributed by atoms with Crippen molar-refractivity contribution >= 4 is 17.7 Å². The van der Waals surface area contributed by atoms with Crippen LogP contribution >= 0.6 is 11.8 Å². The quantitative estimate of drug-likeness (QED) is 0.772. The van der Waals surface area contributed by atoms with Crippen molar-refractivity contribution in [3.8, 4) is 0 Å². The van der Waals surface area contributed by atoms with Crippen LogP contribution in [0, 0.1) is 5.92 Å². The number of benzene rings is 1. The fourth-order valence-corrected chi connectivity index (χ4v) is 5.15. The number of hydrogen-bond donors (Lipinski definition) is 1. The van der Waals surface area contributed by atoms with Crippen molar-refractivity contribution in [3.63, 3.8) is 0 Å². The van der Waals surface area contributed by atoms with E-state index in [0.717, 1.165) is 50.5 Å². The molecule has 2 heterocycles. The van der Waals surface area contributed by atoms with Gasteiger partial charge in [0, 0.05) is 24.8 Å². The van der Waals surface area contributed by atoms with Gasteiger partial charge in [0.05, 0.1) is 5.56 Å². The van der Waals surface area contributed by atoms with Crippen molar-refractivity contribution in [2.75, 3.05) is 24.6 Å². The van der Waals surface area contributed by atoms with Crippen molar-refractivity contribution in [1.82, 2.24) is 10.2 Å². The van der Waals surface area contributed by atoms with Gasteiger partial charge < -0.3 is 5.32 Å². The normalized spacial score (nSPS) is 22.1. The number of piperidine rings is 1. The van der Waals surface area contributed by atoms with E-state index in [-0.39, 0.29) is 12.5 Å². The first-order chi connectivity index (χ1) is 12.9. The van der Waals surface area contributed by atoms with Crippen molar-refractivity contribution in [1.29, 1.82) is 0 Å². The Hall–Kier alpha value is -1.21. The predicted molar refractivity (Wildman–Crippen MR) is 103 cm³/mol. The largest absolute Gasteiger partial charge is 0.416 e. The smallest absolute Gasteiger partial charge is 0.352 e. The number of nitrogens with one attached hydrogen (secondary N) is 1. The van der Waals surface area contributed by atoms with E-state index in [1.54, 1.807) is 6.07 Å². The third-order valence-corrected chi connectivity index (χ3v) is 6.74. The molecule has 27 heavy (non-hydrogen) atoms. The molecule has 3 rings (SSSR count). The number of carbonyl (C=O) groups is 1. The second-order valence-corrected chi connectivity index (χ2v) is 8.66. The van der Waals surface area contributed by atoms with Gasteiger partial charge in [-0.3, -0.25) is 9.69 Å². The summed E-state index contributed by atoms with van der Waals surface area (Å²) >= 11 is 2.04. The summed E-state index contributed by atoms with van der Waals surface area (Å²) in [5, 5.41) is 2.75. The van der Waals surface area contributed by atoms with Crippen LogP contribution in [-0.2, 0) is 17.5 Å².